The normalized spacial score (nSPS) is 19.1. The Morgan fingerprint density at radius 1 is 1.71 bits per heavy atom. The fourth-order valence-electron chi connectivity index (χ4n) is 1.26. The van der Waals surface area contributed by atoms with Gasteiger partial charge in [-0.3, -0.25) is 4.79 Å². The van der Waals surface area contributed by atoms with Gasteiger partial charge in [0.1, 0.15) is 5.41 Å². The quantitative estimate of drug-likeness (QED) is 0.180. The Labute approximate surface area is 82.1 Å². The highest BCUT2D eigenvalue weighted by atomic mass is 16.5. The monoisotopic (exact) mass is 201 g/mol. The number of oxime groups is 1. The Kier molecular flexibility index (Phi) is 3.29. The minimum absolute atomic E-state index is 0.00702. The van der Waals surface area contributed by atoms with Gasteiger partial charge in [-0.25, -0.2) is 0 Å². The van der Waals surface area contributed by atoms with E-state index in [4.69, 9.17) is 15.7 Å². The van der Waals surface area contributed by atoms with Crippen LogP contribution < -0.4 is 11.1 Å². The smallest absolute Gasteiger partial charge is 0.234 e. The fourth-order valence-corrected chi connectivity index (χ4v) is 1.26. The predicted molar refractivity (Wildman–Crippen MR) is 50.0 cm³/mol. The number of hydrogen-bond donors (Lipinski definition) is 3. The van der Waals surface area contributed by atoms with Gasteiger partial charge in [-0.15, -0.1) is 0 Å². The first-order valence-corrected chi connectivity index (χ1v) is 4.42. The largest absolute Gasteiger partial charge is 0.409 e. The van der Waals surface area contributed by atoms with Gasteiger partial charge in [-0.2, -0.15) is 0 Å². The van der Waals surface area contributed by atoms with Crippen molar-refractivity contribution in [3.63, 3.8) is 0 Å². The molecule has 0 radical (unpaired) electrons. The summed E-state index contributed by atoms with van der Waals surface area (Å²) < 4.78 is 4.79. The number of carbonyl (C=O) groups excluding carboxylic acids is 1. The molecule has 0 spiro atoms. The van der Waals surface area contributed by atoms with Crippen molar-refractivity contribution in [2.24, 2.45) is 16.3 Å². The van der Waals surface area contributed by atoms with E-state index in [9.17, 15) is 4.79 Å². The van der Waals surface area contributed by atoms with Crippen molar-refractivity contribution in [3.05, 3.63) is 0 Å². The van der Waals surface area contributed by atoms with Gasteiger partial charge in [-0.05, 0) is 12.8 Å². The summed E-state index contributed by atoms with van der Waals surface area (Å²) in [5, 5.41) is 14.0. The zero-order valence-electron chi connectivity index (χ0n) is 8.12. The molecule has 0 aromatic rings. The summed E-state index contributed by atoms with van der Waals surface area (Å²) in [5.74, 6) is -0.197. The third-order valence-corrected chi connectivity index (χ3v) is 2.37. The lowest BCUT2D eigenvalue weighted by molar-refractivity contribution is -0.124. The van der Waals surface area contributed by atoms with Crippen molar-refractivity contribution in [2.75, 3.05) is 20.3 Å². The van der Waals surface area contributed by atoms with Gasteiger partial charge in [0, 0.05) is 13.7 Å². The fraction of sp³-hybridized carbons (Fsp3) is 0.750. The first kappa shape index (κ1) is 10.8. The summed E-state index contributed by atoms with van der Waals surface area (Å²) in [6.45, 7) is 0.897. The van der Waals surface area contributed by atoms with Gasteiger partial charge in [-0.1, -0.05) is 5.16 Å². The van der Waals surface area contributed by atoms with Gasteiger partial charge in [0.25, 0.3) is 0 Å². The predicted octanol–water partition coefficient (Wildman–Crippen LogP) is -0.724. The molecule has 14 heavy (non-hydrogen) atoms. The minimum atomic E-state index is -0.761. The molecule has 0 saturated heterocycles. The third kappa shape index (κ3) is 1.95. The summed E-state index contributed by atoms with van der Waals surface area (Å²) in [6.07, 6.45) is 1.28. The Hall–Kier alpha value is -1.30. The first-order valence-electron chi connectivity index (χ1n) is 4.42. The zero-order chi connectivity index (χ0) is 10.6. The average Bonchev–Trinajstić information content (AvgIpc) is 2.98. The number of nitrogens with one attached hydrogen (secondary N) is 1. The van der Waals surface area contributed by atoms with Crippen molar-refractivity contribution in [3.8, 4) is 0 Å². The van der Waals surface area contributed by atoms with E-state index in [1.807, 2.05) is 0 Å². The molecule has 0 bridgehead atoms. The molecule has 1 fully saturated rings. The maximum absolute atomic E-state index is 11.6. The van der Waals surface area contributed by atoms with Crippen LogP contribution in [-0.4, -0.2) is 37.2 Å². The van der Waals surface area contributed by atoms with Crippen LogP contribution in [0.5, 0.6) is 0 Å². The molecule has 1 rings (SSSR count). The lowest BCUT2D eigenvalue weighted by Crippen LogP contribution is -2.41. The number of hydrogen-bond acceptors (Lipinski definition) is 4. The lowest BCUT2D eigenvalue weighted by Gasteiger charge is -2.12. The molecule has 6 nitrogen and oxygen atoms in total. The maximum atomic E-state index is 11.6. The molecule has 1 aliphatic carbocycles. The molecule has 0 aromatic heterocycles. The highest BCUT2D eigenvalue weighted by molar-refractivity contribution is 6.09. The molecule has 6 heteroatoms. The number of nitrogens with zero attached hydrogens (tertiary/aromatic N) is 1. The molecule has 0 unspecified atom stereocenters. The van der Waals surface area contributed by atoms with Crippen molar-refractivity contribution in [2.45, 2.75) is 12.8 Å². The summed E-state index contributed by atoms with van der Waals surface area (Å²) in [6, 6.07) is 0. The van der Waals surface area contributed by atoms with Crippen LogP contribution in [0.2, 0.25) is 0 Å². The van der Waals surface area contributed by atoms with Gasteiger partial charge >= 0.3 is 0 Å². The molecule has 0 aliphatic heterocycles. The molecule has 4 N–H and O–H groups in total. The maximum Gasteiger partial charge on any atom is 0.234 e. The van der Waals surface area contributed by atoms with Gasteiger partial charge in [0.15, 0.2) is 5.84 Å². The number of rotatable bonds is 5. The minimum Gasteiger partial charge on any atom is -0.409 e. The number of ether oxygens (including phenoxy) is 1. The van der Waals surface area contributed by atoms with Gasteiger partial charge in [0.05, 0.1) is 6.61 Å². The van der Waals surface area contributed by atoms with E-state index in [0.717, 1.165) is 0 Å². The summed E-state index contributed by atoms with van der Waals surface area (Å²) in [4.78, 5) is 11.6. The van der Waals surface area contributed by atoms with Gasteiger partial charge < -0.3 is 21.0 Å². The molecule has 1 aliphatic rings. The van der Waals surface area contributed by atoms with E-state index < -0.39 is 5.41 Å². The number of methoxy groups -OCH3 is 1. The van der Waals surface area contributed by atoms with E-state index in [-0.39, 0.29) is 11.7 Å². The number of amidine groups is 1. The lowest BCUT2D eigenvalue weighted by atomic mass is 10.1. The highest BCUT2D eigenvalue weighted by Gasteiger charge is 2.53. The zero-order valence-corrected chi connectivity index (χ0v) is 8.12. The van der Waals surface area contributed by atoms with Crippen LogP contribution >= 0.6 is 0 Å². The second-order valence-electron chi connectivity index (χ2n) is 3.32. The first-order chi connectivity index (χ1) is 6.67. The topological polar surface area (TPSA) is 96.9 Å². The number of amides is 1. The summed E-state index contributed by atoms with van der Waals surface area (Å²) >= 11 is 0. The standard InChI is InChI=1S/C8H15N3O3/c1-14-5-4-10-7(12)8(2-3-8)6(9)11-13/h13H,2-5H2,1H3,(H2,9,11)(H,10,12). The molecule has 1 amide bonds. The van der Waals surface area contributed by atoms with Crippen molar-refractivity contribution in [1.29, 1.82) is 0 Å². The van der Waals surface area contributed by atoms with E-state index in [0.29, 0.717) is 26.0 Å². The summed E-state index contributed by atoms with van der Waals surface area (Å²) in [7, 11) is 1.56. The summed E-state index contributed by atoms with van der Waals surface area (Å²) in [5.41, 5.74) is 4.66. The van der Waals surface area contributed by atoms with Crippen LogP contribution in [0.1, 0.15) is 12.8 Å². The molecule has 0 atom stereocenters. The van der Waals surface area contributed by atoms with Crippen molar-refractivity contribution in [1.82, 2.24) is 5.32 Å². The Bertz CT molecular complexity index is 248. The van der Waals surface area contributed by atoms with Crippen LogP contribution in [0.3, 0.4) is 0 Å². The molecular weight excluding hydrogens is 186 g/mol. The van der Waals surface area contributed by atoms with Gasteiger partial charge in [0.2, 0.25) is 5.91 Å². The molecule has 80 valence electrons. The van der Waals surface area contributed by atoms with Crippen molar-refractivity contribution >= 4 is 11.7 Å². The Morgan fingerprint density at radius 3 is 2.79 bits per heavy atom. The molecule has 1 saturated carbocycles. The number of carbonyl (C=O) groups is 1. The van der Waals surface area contributed by atoms with Crippen LogP contribution in [0.25, 0.3) is 0 Å². The van der Waals surface area contributed by atoms with Crippen LogP contribution in [0.15, 0.2) is 5.16 Å². The van der Waals surface area contributed by atoms with Crippen molar-refractivity contribution < 1.29 is 14.7 Å². The van der Waals surface area contributed by atoms with E-state index >= 15 is 0 Å². The average molecular weight is 201 g/mol. The van der Waals surface area contributed by atoms with Crippen LogP contribution in [-0.2, 0) is 9.53 Å². The van der Waals surface area contributed by atoms with E-state index in [2.05, 4.69) is 10.5 Å². The second-order valence-corrected chi connectivity index (χ2v) is 3.32. The highest BCUT2D eigenvalue weighted by Crippen LogP contribution is 2.45. The van der Waals surface area contributed by atoms with E-state index in [1.54, 1.807) is 7.11 Å². The number of nitrogens with two attached hydrogens (primary N) is 1. The molecular formula is C8H15N3O3. The Balaban J connectivity index is 2.44. The van der Waals surface area contributed by atoms with Crippen LogP contribution in [0.4, 0.5) is 0 Å². The van der Waals surface area contributed by atoms with E-state index in [1.165, 1.54) is 0 Å². The van der Waals surface area contributed by atoms with Crippen LogP contribution in [0, 0.1) is 5.41 Å². The SMILES string of the molecule is COCCNC(=O)C1(C(N)=NO)CC1. The second kappa shape index (κ2) is 4.28. The molecule has 0 heterocycles. The third-order valence-electron chi connectivity index (χ3n) is 2.37. The Morgan fingerprint density at radius 2 is 2.36 bits per heavy atom. The molecule has 0 aromatic carbocycles.